The standard InChI is InChI=1S/C10H15BrN2/c1-6(2)10(12)8-4-13-5-9(11)7(8)3/h4-6,10H,12H2,1-3H3. The second kappa shape index (κ2) is 4.20. The van der Waals surface area contributed by atoms with Crippen LogP contribution in [0.2, 0.25) is 0 Å². The van der Waals surface area contributed by atoms with Gasteiger partial charge in [-0.25, -0.2) is 0 Å². The Hall–Kier alpha value is -0.410. The number of pyridine rings is 1. The molecule has 72 valence electrons. The van der Waals surface area contributed by atoms with Gasteiger partial charge in [-0.1, -0.05) is 13.8 Å². The summed E-state index contributed by atoms with van der Waals surface area (Å²) in [7, 11) is 0. The van der Waals surface area contributed by atoms with E-state index in [0.29, 0.717) is 5.92 Å². The van der Waals surface area contributed by atoms with E-state index in [-0.39, 0.29) is 6.04 Å². The zero-order valence-corrected chi connectivity index (χ0v) is 9.80. The molecule has 1 rings (SSSR count). The Morgan fingerprint density at radius 1 is 1.38 bits per heavy atom. The fraction of sp³-hybridized carbons (Fsp3) is 0.500. The predicted molar refractivity (Wildman–Crippen MR) is 58.4 cm³/mol. The van der Waals surface area contributed by atoms with E-state index < -0.39 is 0 Å². The maximum Gasteiger partial charge on any atom is 0.0413 e. The number of halogens is 1. The molecule has 1 heterocycles. The summed E-state index contributed by atoms with van der Waals surface area (Å²) in [6, 6.07) is 0.0741. The van der Waals surface area contributed by atoms with Crippen LogP contribution in [0.4, 0.5) is 0 Å². The zero-order chi connectivity index (χ0) is 10.0. The average molecular weight is 243 g/mol. The quantitative estimate of drug-likeness (QED) is 0.867. The first-order chi connectivity index (χ1) is 6.04. The largest absolute Gasteiger partial charge is 0.324 e. The molecule has 0 radical (unpaired) electrons. The van der Waals surface area contributed by atoms with Gasteiger partial charge in [0.25, 0.3) is 0 Å². The number of nitrogens with zero attached hydrogens (tertiary/aromatic N) is 1. The molecule has 2 N–H and O–H groups in total. The lowest BCUT2D eigenvalue weighted by atomic mass is 9.95. The average Bonchev–Trinajstić information content (AvgIpc) is 2.08. The first-order valence-electron chi connectivity index (χ1n) is 4.39. The van der Waals surface area contributed by atoms with Crippen molar-refractivity contribution in [2.24, 2.45) is 11.7 Å². The Bertz CT molecular complexity index is 297. The van der Waals surface area contributed by atoms with Crippen LogP contribution in [0.5, 0.6) is 0 Å². The van der Waals surface area contributed by atoms with Gasteiger partial charge >= 0.3 is 0 Å². The monoisotopic (exact) mass is 242 g/mol. The highest BCUT2D eigenvalue weighted by Gasteiger charge is 2.14. The highest BCUT2D eigenvalue weighted by Crippen LogP contribution is 2.25. The molecule has 1 unspecified atom stereocenters. The van der Waals surface area contributed by atoms with Crippen LogP contribution in [0.25, 0.3) is 0 Å². The zero-order valence-electron chi connectivity index (χ0n) is 8.21. The molecule has 0 aromatic carbocycles. The van der Waals surface area contributed by atoms with Crippen molar-refractivity contribution in [3.05, 3.63) is 28.0 Å². The van der Waals surface area contributed by atoms with Crippen molar-refractivity contribution in [2.75, 3.05) is 0 Å². The molecule has 0 aliphatic rings. The van der Waals surface area contributed by atoms with Gasteiger partial charge in [-0.2, -0.15) is 0 Å². The molecular formula is C10H15BrN2. The molecule has 0 bridgehead atoms. The number of aromatic nitrogens is 1. The van der Waals surface area contributed by atoms with E-state index in [1.54, 1.807) is 6.20 Å². The molecule has 13 heavy (non-hydrogen) atoms. The van der Waals surface area contributed by atoms with Gasteiger partial charge in [0.1, 0.15) is 0 Å². The van der Waals surface area contributed by atoms with Gasteiger partial charge in [-0.05, 0) is 39.9 Å². The summed E-state index contributed by atoms with van der Waals surface area (Å²) >= 11 is 3.45. The lowest BCUT2D eigenvalue weighted by molar-refractivity contribution is 0.510. The maximum atomic E-state index is 6.05. The van der Waals surface area contributed by atoms with E-state index in [9.17, 15) is 0 Å². The van der Waals surface area contributed by atoms with Gasteiger partial charge in [0.15, 0.2) is 0 Å². The van der Waals surface area contributed by atoms with Gasteiger partial charge in [-0.15, -0.1) is 0 Å². The first kappa shape index (κ1) is 10.7. The smallest absolute Gasteiger partial charge is 0.0413 e. The summed E-state index contributed by atoms with van der Waals surface area (Å²) in [6.07, 6.45) is 3.65. The second-order valence-corrected chi connectivity index (χ2v) is 4.46. The molecule has 0 aliphatic carbocycles. The topological polar surface area (TPSA) is 38.9 Å². The van der Waals surface area contributed by atoms with Crippen molar-refractivity contribution in [3.63, 3.8) is 0 Å². The summed E-state index contributed by atoms with van der Waals surface area (Å²) in [5.41, 5.74) is 8.37. The molecule has 0 saturated carbocycles. The van der Waals surface area contributed by atoms with Crippen molar-refractivity contribution in [1.82, 2.24) is 4.98 Å². The number of rotatable bonds is 2. The van der Waals surface area contributed by atoms with E-state index in [1.807, 2.05) is 6.20 Å². The number of nitrogens with two attached hydrogens (primary N) is 1. The van der Waals surface area contributed by atoms with Gasteiger partial charge in [0.05, 0.1) is 0 Å². The van der Waals surface area contributed by atoms with Crippen molar-refractivity contribution in [1.29, 1.82) is 0 Å². The molecule has 1 aromatic heterocycles. The third kappa shape index (κ3) is 2.29. The van der Waals surface area contributed by atoms with Crippen LogP contribution in [0.1, 0.15) is 31.0 Å². The third-order valence-electron chi connectivity index (χ3n) is 2.27. The lowest BCUT2D eigenvalue weighted by Gasteiger charge is -2.18. The summed E-state index contributed by atoms with van der Waals surface area (Å²) in [6.45, 7) is 6.29. The highest BCUT2D eigenvalue weighted by molar-refractivity contribution is 9.10. The van der Waals surface area contributed by atoms with Crippen molar-refractivity contribution in [2.45, 2.75) is 26.8 Å². The van der Waals surface area contributed by atoms with E-state index in [1.165, 1.54) is 5.56 Å². The Morgan fingerprint density at radius 3 is 2.54 bits per heavy atom. The van der Waals surface area contributed by atoms with Crippen LogP contribution in [0.3, 0.4) is 0 Å². The summed E-state index contributed by atoms with van der Waals surface area (Å²) in [4.78, 5) is 4.12. The lowest BCUT2D eigenvalue weighted by Crippen LogP contribution is -2.18. The summed E-state index contributed by atoms with van der Waals surface area (Å²) in [5, 5.41) is 0. The normalized spacial score (nSPS) is 13.4. The molecule has 0 spiro atoms. The molecule has 0 saturated heterocycles. The molecule has 3 heteroatoms. The fourth-order valence-corrected chi connectivity index (χ4v) is 1.56. The van der Waals surface area contributed by atoms with Crippen molar-refractivity contribution < 1.29 is 0 Å². The van der Waals surface area contributed by atoms with E-state index >= 15 is 0 Å². The minimum absolute atomic E-state index is 0.0741. The molecule has 2 nitrogen and oxygen atoms in total. The van der Waals surface area contributed by atoms with Gasteiger partial charge in [-0.3, -0.25) is 4.98 Å². The SMILES string of the molecule is Cc1c(Br)cncc1C(N)C(C)C. The molecule has 1 aromatic rings. The van der Waals surface area contributed by atoms with Crippen LogP contribution in [0, 0.1) is 12.8 Å². The fourth-order valence-electron chi connectivity index (χ4n) is 1.21. The summed E-state index contributed by atoms with van der Waals surface area (Å²) < 4.78 is 1.03. The minimum Gasteiger partial charge on any atom is -0.324 e. The summed E-state index contributed by atoms with van der Waals surface area (Å²) in [5.74, 6) is 0.440. The van der Waals surface area contributed by atoms with E-state index in [0.717, 1.165) is 10.0 Å². The Morgan fingerprint density at radius 2 is 2.00 bits per heavy atom. The molecular weight excluding hydrogens is 228 g/mol. The first-order valence-corrected chi connectivity index (χ1v) is 5.19. The highest BCUT2D eigenvalue weighted by atomic mass is 79.9. The predicted octanol–water partition coefficient (Wildman–Crippen LogP) is 2.81. The van der Waals surface area contributed by atoms with Crippen molar-refractivity contribution in [3.8, 4) is 0 Å². The Balaban J connectivity index is 3.07. The maximum absolute atomic E-state index is 6.05. The van der Waals surface area contributed by atoms with Crippen LogP contribution in [-0.4, -0.2) is 4.98 Å². The van der Waals surface area contributed by atoms with Crippen LogP contribution in [0.15, 0.2) is 16.9 Å². The molecule has 0 amide bonds. The van der Waals surface area contributed by atoms with Gasteiger partial charge in [0, 0.05) is 22.9 Å². The Labute approximate surface area is 87.7 Å². The van der Waals surface area contributed by atoms with Crippen LogP contribution >= 0.6 is 15.9 Å². The molecule has 0 fully saturated rings. The van der Waals surface area contributed by atoms with Crippen molar-refractivity contribution >= 4 is 15.9 Å². The Kier molecular flexibility index (Phi) is 3.45. The van der Waals surface area contributed by atoms with Crippen LogP contribution in [-0.2, 0) is 0 Å². The third-order valence-corrected chi connectivity index (χ3v) is 3.07. The minimum atomic E-state index is 0.0741. The molecule has 1 atom stereocenters. The van der Waals surface area contributed by atoms with Gasteiger partial charge in [0.2, 0.25) is 0 Å². The van der Waals surface area contributed by atoms with Crippen LogP contribution < -0.4 is 5.73 Å². The number of hydrogen-bond acceptors (Lipinski definition) is 2. The number of hydrogen-bond donors (Lipinski definition) is 1. The van der Waals surface area contributed by atoms with E-state index in [4.69, 9.17) is 5.73 Å². The molecule has 0 aliphatic heterocycles. The van der Waals surface area contributed by atoms with E-state index in [2.05, 4.69) is 41.7 Å². The second-order valence-electron chi connectivity index (χ2n) is 3.61. The van der Waals surface area contributed by atoms with Gasteiger partial charge < -0.3 is 5.73 Å².